The van der Waals surface area contributed by atoms with E-state index in [4.69, 9.17) is 0 Å². The zero-order valence-electron chi connectivity index (χ0n) is 12.7. The van der Waals surface area contributed by atoms with Crippen molar-refractivity contribution in [3.8, 4) is 0 Å². The first-order chi connectivity index (χ1) is 8.61. The van der Waals surface area contributed by atoms with Gasteiger partial charge in [0.2, 0.25) is 0 Å². The molecule has 2 amide bonds. The molecule has 6 heteroatoms. The third kappa shape index (κ3) is 6.18. The average Bonchev–Trinajstić information content (AvgIpc) is 2.29. The highest BCUT2D eigenvalue weighted by molar-refractivity contribution is 7.98. The average molecular weight is 290 g/mol. The van der Waals surface area contributed by atoms with Gasteiger partial charge in [-0.15, -0.1) is 0 Å². The van der Waals surface area contributed by atoms with E-state index in [0.717, 1.165) is 12.2 Å². The molecule has 0 fully saturated rings. The van der Waals surface area contributed by atoms with E-state index in [1.807, 2.05) is 13.2 Å². The largest absolute Gasteiger partial charge is 0.480 e. The summed E-state index contributed by atoms with van der Waals surface area (Å²) in [6, 6.07) is -1.15. The summed E-state index contributed by atoms with van der Waals surface area (Å²) in [7, 11) is 1.70. The number of amides is 2. The molecule has 0 saturated heterocycles. The van der Waals surface area contributed by atoms with Crippen molar-refractivity contribution in [2.24, 2.45) is 5.41 Å². The molecule has 0 aromatic carbocycles. The maximum absolute atomic E-state index is 12.1. The van der Waals surface area contributed by atoms with Gasteiger partial charge in [-0.3, -0.25) is 0 Å². The molecule has 0 spiro atoms. The number of hydrogen-bond donors (Lipinski definition) is 2. The molecule has 19 heavy (non-hydrogen) atoms. The quantitative estimate of drug-likeness (QED) is 0.787. The van der Waals surface area contributed by atoms with Gasteiger partial charge in [0.15, 0.2) is 0 Å². The lowest BCUT2D eigenvalue weighted by atomic mass is 9.87. The molecule has 112 valence electrons. The lowest BCUT2D eigenvalue weighted by molar-refractivity contribution is -0.142. The maximum Gasteiger partial charge on any atom is 0.326 e. The molecule has 0 saturated carbocycles. The summed E-state index contributed by atoms with van der Waals surface area (Å²) < 4.78 is 0. The van der Waals surface area contributed by atoms with Crippen molar-refractivity contribution in [2.75, 3.05) is 19.1 Å². The first kappa shape index (κ1) is 18.1. The SMILES string of the molecule is CSCCC(C)N(C)C(=O)N[C@H](C(=O)O)C(C)(C)C. The van der Waals surface area contributed by atoms with Crippen molar-refractivity contribution in [3.63, 3.8) is 0 Å². The Bertz CT molecular complexity index is 316. The van der Waals surface area contributed by atoms with E-state index >= 15 is 0 Å². The zero-order chi connectivity index (χ0) is 15.2. The molecule has 0 aliphatic carbocycles. The van der Waals surface area contributed by atoms with E-state index in [9.17, 15) is 14.7 Å². The highest BCUT2D eigenvalue weighted by Crippen LogP contribution is 2.20. The Hall–Kier alpha value is -0.910. The number of hydrogen-bond acceptors (Lipinski definition) is 3. The molecule has 1 unspecified atom stereocenters. The number of aliphatic carboxylic acids is 1. The minimum atomic E-state index is -1.01. The first-order valence-electron chi connectivity index (χ1n) is 6.36. The highest BCUT2D eigenvalue weighted by atomic mass is 32.2. The van der Waals surface area contributed by atoms with Crippen molar-refractivity contribution in [3.05, 3.63) is 0 Å². The van der Waals surface area contributed by atoms with E-state index in [2.05, 4.69) is 5.32 Å². The fourth-order valence-corrected chi connectivity index (χ4v) is 2.13. The van der Waals surface area contributed by atoms with Gasteiger partial charge in [0.1, 0.15) is 6.04 Å². The molecule has 2 N–H and O–H groups in total. The van der Waals surface area contributed by atoms with Crippen molar-refractivity contribution in [2.45, 2.75) is 46.2 Å². The van der Waals surface area contributed by atoms with E-state index in [0.29, 0.717) is 0 Å². The molecule has 2 atom stereocenters. The van der Waals surface area contributed by atoms with Gasteiger partial charge in [-0.05, 0) is 30.8 Å². The van der Waals surface area contributed by atoms with Crippen LogP contribution in [-0.4, -0.2) is 53.1 Å². The van der Waals surface area contributed by atoms with E-state index in [1.165, 1.54) is 0 Å². The van der Waals surface area contributed by atoms with Crippen LogP contribution in [0.3, 0.4) is 0 Å². The molecule has 5 nitrogen and oxygen atoms in total. The molecule has 0 radical (unpaired) electrons. The first-order valence-corrected chi connectivity index (χ1v) is 7.75. The van der Waals surface area contributed by atoms with Gasteiger partial charge in [0.05, 0.1) is 0 Å². The monoisotopic (exact) mass is 290 g/mol. The third-order valence-corrected chi connectivity index (χ3v) is 3.75. The molecular formula is C13H26N2O3S. The number of nitrogens with zero attached hydrogens (tertiary/aromatic N) is 1. The molecule has 0 heterocycles. The lowest BCUT2D eigenvalue weighted by Gasteiger charge is -2.31. The second-order valence-corrected chi connectivity index (χ2v) is 6.81. The van der Waals surface area contributed by atoms with Crippen LogP contribution in [0, 0.1) is 5.41 Å². The second-order valence-electron chi connectivity index (χ2n) is 5.83. The van der Waals surface area contributed by atoms with Crippen LogP contribution in [0.1, 0.15) is 34.1 Å². The Morgan fingerprint density at radius 2 is 1.89 bits per heavy atom. The summed E-state index contributed by atoms with van der Waals surface area (Å²) in [5.41, 5.74) is -0.523. The van der Waals surface area contributed by atoms with Gasteiger partial charge in [0.25, 0.3) is 0 Å². The number of rotatable bonds is 6. The van der Waals surface area contributed by atoms with Crippen LogP contribution in [-0.2, 0) is 4.79 Å². The summed E-state index contributed by atoms with van der Waals surface area (Å²) in [6.45, 7) is 7.35. The predicted octanol–water partition coefficient (Wildman–Crippen LogP) is 2.27. The van der Waals surface area contributed by atoms with Crippen LogP contribution in [0.15, 0.2) is 0 Å². The number of urea groups is 1. The Balaban J connectivity index is 4.61. The highest BCUT2D eigenvalue weighted by Gasteiger charge is 2.33. The van der Waals surface area contributed by atoms with Gasteiger partial charge < -0.3 is 15.3 Å². The van der Waals surface area contributed by atoms with Crippen molar-refractivity contribution in [1.29, 1.82) is 0 Å². The van der Waals surface area contributed by atoms with Crippen molar-refractivity contribution in [1.82, 2.24) is 10.2 Å². The maximum atomic E-state index is 12.1. The van der Waals surface area contributed by atoms with Crippen LogP contribution in [0.25, 0.3) is 0 Å². The van der Waals surface area contributed by atoms with E-state index in [1.54, 1.807) is 44.5 Å². The van der Waals surface area contributed by atoms with Crippen LogP contribution in [0.5, 0.6) is 0 Å². The van der Waals surface area contributed by atoms with Gasteiger partial charge in [0, 0.05) is 13.1 Å². The number of carboxylic acid groups (broad SMARTS) is 1. The topological polar surface area (TPSA) is 69.6 Å². The summed E-state index contributed by atoms with van der Waals surface area (Å²) in [4.78, 5) is 24.8. The predicted molar refractivity (Wildman–Crippen MR) is 79.6 cm³/mol. The minimum absolute atomic E-state index is 0.0851. The summed E-state index contributed by atoms with van der Waals surface area (Å²) in [5.74, 6) is -0.0357. The van der Waals surface area contributed by atoms with Crippen molar-refractivity contribution >= 4 is 23.8 Å². The molecule has 0 aromatic rings. The van der Waals surface area contributed by atoms with E-state index < -0.39 is 17.4 Å². The Labute approximate surface area is 120 Å². The van der Waals surface area contributed by atoms with Crippen molar-refractivity contribution < 1.29 is 14.7 Å². The summed E-state index contributed by atoms with van der Waals surface area (Å²) in [6.07, 6.45) is 2.91. The van der Waals surface area contributed by atoms with Gasteiger partial charge in [-0.1, -0.05) is 20.8 Å². The minimum Gasteiger partial charge on any atom is -0.480 e. The second kappa shape index (κ2) is 7.62. The molecule has 0 rings (SSSR count). The Kier molecular flexibility index (Phi) is 7.26. The molecule has 0 bridgehead atoms. The van der Waals surface area contributed by atoms with Crippen LogP contribution in [0.2, 0.25) is 0 Å². The third-order valence-electron chi connectivity index (χ3n) is 3.10. The lowest BCUT2D eigenvalue weighted by Crippen LogP contribution is -2.54. The molecule has 0 aromatic heterocycles. The smallest absolute Gasteiger partial charge is 0.326 e. The Morgan fingerprint density at radius 3 is 2.26 bits per heavy atom. The fourth-order valence-electron chi connectivity index (χ4n) is 1.56. The number of carbonyl (C=O) groups excluding carboxylic acids is 1. The molecular weight excluding hydrogens is 264 g/mol. The molecule has 0 aliphatic rings. The number of carbonyl (C=O) groups is 2. The van der Waals surface area contributed by atoms with Gasteiger partial charge >= 0.3 is 12.0 Å². The van der Waals surface area contributed by atoms with Gasteiger partial charge in [-0.25, -0.2) is 9.59 Å². The van der Waals surface area contributed by atoms with Crippen LogP contribution >= 0.6 is 11.8 Å². The van der Waals surface area contributed by atoms with Crippen LogP contribution < -0.4 is 5.32 Å². The van der Waals surface area contributed by atoms with Crippen LogP contribution in [0.4, 0.5) is 4.79 Å². The number of carboxylic acids is 1. The zero-order valence-corrected chi connectivity index (χ0v) is 13.5. The number of thioether (sulfide) groups is 1. The summed E-state index contributed by atoms with van der Waals surface area (Å²) >= 11 is 1.73. The summed E-state index contributed by atoms with van der Waals surface area (Å²) in [5, 5.41) is 11.8. The fraction of sp³-hybridized carbons (Fsp3) is 0.846. The Morgan fingerprint density at radius 1 is 1.37 bits per heavy atom. The number of nitrogens with one attached hydrogen (secondary N) is 1. The van der Waals surface area contributed by atoms with Gasteiger partial charge in [-0.2, -0.15) is 11.8 Å². The molecule has 0 aliphatic heterocycles. The normalized spacial score (nSPS) is 14.6. The van der Waals surface area contributed by atoms with E-state index in [-0.39, 0.29) is 12.1 Å². The standard InChI is InChI=1S/C13H26N2O3S/c1-9(7-8-19-6)15(5)12(18)14-10(11(16)17)13(2,3)4/h9-10H,7-8H2,1-6H3,(H,14,18)(H,16,17)/t9?,10-/m1/s1.